The van der Waals surface area contributed by atoms with E-state index in [4.69, 9.17) is 15.0 Å². The van der Waals surface area contributed by atoms with Gasteiger partial charge in [-0.3, -0.25) is 0 Å². The molecule has 9 aromatic carbocycles. The Hall–Kier alpha value is -8.01. The summed E-state index contributed by atoms with van der Waals surface area (Å²) in [5.74, 6) is 1.88. The van der Waals surface area contributed by atoms with Gasteiger partial charge in [-0.1, -0.05) is 212 Å². The van der Waals surface area contributed by atoms with E-state index in [0.29, 0.717) is 17.5 Å². The van der Waals surface area contributed by atoms with E-state index >= 15 is 0 Å². The summed E-state index contributed by atoms with van der Waals surface area (Å²) in [4.78, 5) is 15.8. The zero-order valence-electron chi connectivity index (χ0n) is 33.2. The number of benzene rings is 9. The SMILES string of the molecule is c1ccc(-c2ccccc2-c2nc(-c3cccc(-c4ccc5c(c4)-c4ccccc4C54c5ccccc5-c5ccccc54)c3)nc(-c3ccccc3-c3ccccc3)n2)cc1. The Kier molecular flexibility index (Phi) is 8.07. The topological polar surface area (TPSA) is 38.7 Å². The van der Waals surface area contributed by atoms with Crippen LogP contribution in [-0.2, 0) is 5.41 Å². The maximum absolute atomic E-state index is 5.28. The molecule has 1 heterocycles. The average Bonchev–Trinajstić information content (AvgIpc) is 3.81. The fourth-order valence-corrected chi connectivity index (χ4v) is 9.96. The van der Waals surface area contributed by atoms with E-state index in [1.807, 2.05) is 12.1 Å². The Bertz CT molecular complexity index is 3170. The third-order valence-electron chi connectivity index (χ3n) is 12.6. The fraction of sp³-hybridized carbons (Fsp3) is 0.0172. The molecule has 2 aliphatic rings. The van der Waals surface area contributed by atoms with Gasteiger partial charge in [0.25, 0.3) is 0 Å². The van der Waals surface area contributed by atoms with Gasteiger partial charge in [-0.05, 0) is 90.0 Å². The van der Waals surface area contributed by atoms with Crippen molar-refractivity contribution in [1.29, 1.82) is 0 Å². The van der Waals surface area contributed by atoms with E-state index in [1.54, 1.807) is 0 Å². The van der Waals surface area contributed by atoms with Gasteiger partial charge in [0, 0.05) is 16.7 Å². The molecular weight excluding hydrogens is 739 g/mol. The minimum Gasteiger partial charge on any atom is -0.208 e. The van der Waals surface area contributed by atoms with Crippen LogP contribution in [0.3, 0.4) is 0 Å². The predicted molar refractivity (Wildman–Crippen MR) is 249 cm³/mol. The highest BCUT2D eigenvalue weighted by Gasteiger charge is 2.51. The zero-order valence-corrected chi connectivity index (χ0v) is 33.2. The van der Waals surface area contributed by atoms with E-state index in [9.17, 15) is 0 Å². The summed E-state index contributed by atoms with van der Waals surface area (Å²) < 4.78 is 0. The lowest BCUT2D eigenvalue weighted by molar-refractivity contribution is 0.794. The van der Waals surface area contributed by atoms with Gasteiger partial charge < -0.3 is 0 Å². The van der Waals surface area contributed by atoms with Gasteiger partial charge in [-0.25, -0.2) is 15.0 Å². The molecule has 0 atom stereocenters. The summed E-state index contributed by atoms with van der Waals surface area (Å²) >= 11 is 0. The number of rotatable bonds is 6. The minimum atomic E-state index is -0.372. The molecule has 1 aromatic heterocycles. The second kappa shape index (κ2) is 14.1. The molecule has 0 saturated carbocycles. The second-order valence-corrected chi connectivity index (χ2v) is 15.9. The molecule has 0 N–H and O–H groups in total. The molecule has 3 heteroatoms. The summed E-state index contributed by atoms with van der Waals surface area (Å²) in [6, 6.07) is 80.3. The summed E-state index contributed by atoms with van der Waals surface area (Å²) in [6.45, 7) is 0. The first kappa shape index (κ1) is 35.0. The van der Waals surface area contributed by atoms with Crippen molar-refractivity contribution in [3.63, 3.8) is 0 Å². The Balaban J connectivity index is 1.03. The van der Waals surface area contributed by atoms with Crippen LogP contribution < -0.4 is 0 Å². The van der Waals surface area contributed by atoms with Crippen molar-refractivity contribution in [3.05, 3.63) is 247 Å². The standard InChI is InChI=1S/C58H37N3/c1-3-18-38(19-4-1)43-24-7-9-29-48(43)56-59-55(60-57(61-56)49-30-10-8-25-44(49)39-20-5-2-6-21-39)42-23-17-22-40(36-42)41-34-35-54-50(37-41)47-28-13-16-33-53(47)58(54)51-31-14-11-26-45(51)46-27-12-15-32-52(46)58/h1-37H. The van der Waals surface area contributed by atoms with Crippen molar-refractivity contribution in [3.8, 4) is 89.8 Å². The number of hydrogen-bond donors (Lipinski definition) is 0. The Morgan fingerprint density at radius 1 is 0.213 bits per heavy atom. The van der Waals surface area contributed by atoms with Crippen LogP contribution in [-0.4, -0.2) is 15.0 Å². The number of fused-ring (bicyclic) bond motifs is 10. The van der Waals surface area contributed by atoms with E-state index < -0.39 is 0 Å². The van der Waals surface area contributed by atoms with E-state index in [0.717, 1.165) is 50.1 Å². The third-order valence-corrected chi connectivity index (χ3v) is 12.6. The third kappa shape index (κ3) is 5.48. The van der Waals surface area contributed by atoms with Crippen molar-refractivity contribution >= 4 is 0 Å². The molecule has 0 fully saturated rings. The van der Waals surface area contributed by atoms with Gasteiger partial charge >= 0.3 is 0 Å². The molecule has 3 nitrogen and oxygen atoms in total. The van der Waals surface area contributed by atoms with Crippen LogP contribution in [0.4, 0.5) is 0 Å². The maximum Gasteiger partial charge on any atom is 0.164 e. The highest BCUT2D eigenvalue weighted by Crippen LogP contribution is 2.63. The van der Waals surface area contributed by atoms with Crippen LogP contribution in [0.25, 0.3) is 89.8 Å². The van der Waals surface area contributed by atoms with Gasteiger partial charge in [0.15, 0.2) is 17.5 Å². The molecule has 1 spiro atoms. The van der Waals surface area contributed by atoms with Crippen LogP contribution in [0.5, 0.6) is 0 Å². The summed E-state index contributed by atoms with van der Waals surface area (Å²) in [7, 11) is 0. The van der Waals surface area contributed by atoms with Gasteiger partial charge in [-0.15, -0.1) is 0 Å². The number of hydrogen-bond acceptors (Lipinski definition) is 3. The summed E-state index contributed by atoms with van der Waals surface area (Å²) in [5.41, 5.74) is 19.6. The first-order valence-electron chi connectivity index (χ1n) is 20.9. The van der Waals surface area contributed by atoms with E-state index in [1.165, 1.54) is 44.5 Å². The van der Waals surface area contributed by atoms with Gasteiger partial charge in [-0.2, -0.15) is 0 Å². The largest absolute Gasteiger partial charge is 0.208 e. The van der Waals surface area contributed by atoms with Gasteiger partial charge in [0.2, 0.25) is 0 Å². The quantitative estimate of drug-likeness (QED) is 0.169. The predicted octanol–water partition coefficient (Wildman–Crippen LogP) is 14.2. The Morgan fingerprint density at radius 3 is 1.10 bits per heavy atom. The smallest absolute Gasteiger partial charge is 0.164 e. The molecule has 0 unspecified atom stereocenters. The summed E-state index contributed by atoms with van der Waals surface area (Å²) in [6.07, 6.45) is 0. The Labute approximate surface area is 355 Å². The molecular formula is C58H37N3. The first-order chi connectivity index (χ1) is 30.3. The molecule has 2 aliphatic carbocycles. The second-order valence-electron chi connectivity index (χ2n) is 15.9. The molecule has 0 saturated heterocycles. The van der Waals surface area contributed by atoms with Crippen LogP contribution >= 0.6 is 0 Å². The lowest BCUT2D eigenvalue weighted by atomic mass is 9.70. The number of nitrogens with zero attached hydrogens (tertiary/aromatic N) is 3. The van der Waals surface area contributed by atoms with Crippen molar-refractivity contribution < 1.29 is 0 Å². The van der Waals surface area contributed by atoms with Crippen LogP contribution in [0.15, 0.2) is 224 Å². The number of aromatic nitrogens is 3. The first-order valence-corrected chi connectivity index (χ1v) is 20.9. The van der Waals surface area contributed by atoms with Crippen LogP contribution in [0.1, 0.15) is 22.3 Å². The van der Waals surface area contributed by atoms with Crippen LogP contribution in [0, 0.1) is 0 Å². The lowest BCUT2D eigenvalue weighted by Crippen LogP contribution is -2.25. The van der Waals surface area contributed by atoms with Crippen molar-refractivity contribution in [2.75, 3.05) is 0 Å². The van der Waals surface area contributed by atoms with Crippen molar-refractivity contribution in [1.82, 2.24) is 15.0 Å². The zero-order chi connectivity index (χ0) is 40.3. The van der Waals surface area contributed by atoms with Crippen molar-refractivity contribution in [2.45, 2.75) is 5.41 Å². The molecule has 0 radical (unpaired) electrons. The molecule has 0 bridgehead atoms. The van der Waals surface area contributed by atoms with E-state index in [-0.39, 0.29) is 5.41 Å². The molecule has 10 aromatic rings. The Morgan fingerprint density at radius 2 is 0.574 bits per heavy atom. The highest BCUT2D eigenvalue weighted by molar-refractivity contribution is 5.96. The lowest BCUT2D eigenvalue weighted by Gasteiger charge is -2.30. The molecule has 0 aliphatic heterocycles. The fourth-order valence-electron chi connectivity index (χ4n) is 9.96. The summed E-state index contributed by atoms with van der Waals surface area (Å²) in [5, 5.41) is 0. The minimum absolute atomic E-state index is 0.372. The molecule has 284 valence electrons. The van der Waals surface area contributed by atoms with Crippen LogP contribution in [0.2, 0.25) is 0 Å². The molecule has 12 rings (SSSR count). The normalized spacial score (nSPS) is 12.7. The van der Waals surface area contributed by atoms with Gasteiger partial charge in [0.1, 0.15) is 0 Å². The average molecular weight is 776 g/mol. The highest BCUT2D eigenvalue weighted by atomic mass is 15.0. The monoisotopic (exact) mass is 775 g/mol. The van der Waals surface area contributed by atoms with Crippen molar-refractivity contribution in [2.24, 2.45) is 0 Å². The molecule has 0 amide bonds. The van der Waals surface area contributed by atoms with E-state index in [2.05, 4.69) is 212 Å². The van der Waals surface area contributed by atoms with Gasteiger partial charge in [0.05, 0.1) is 5.41 Å². The maximum atomic E-state index is 5.28. The molecule has 61 heavy (non-hydrogen) atoms.